The molecular weight excluding hydrogens is 381 g/mol. The molecule has 0 bridgehead atoms. The number of hydrogen-bond acceptors (Lipinski definition) is 0. The molecule has 0 aliphatic carbocycles. The van der Waals surface area contributed by atoms with Crippen molar-refractivity contribution in [1.82, 2.24) is 0 Å². The molecule has 0 atom stereocenters. The third-order valence-corrected chi connectivity index (χ3v) is 4.00. The Bertz CT molecular complexity index is 906. The maximum absolute atomic E-state index is 3.41. The van der Waals surface area contributed by atoms with Crippen molar-refractivity contribution in [2.45, 2.75) is 6.92 Å². The van der Waals surface area contributed by atoms with Crippen molar-refractivity contribution in [2.75, 3.05) is 0 Å². The van der Waals surface area contributed by atoms with Crippen molar-refractivity contribution in [1.29, 1.82) is 0 Å². The highest BCUT2D eigenvalue weighted by Crippen LogP contribution is 2.34. The van der Waals surface area contributed by atoms with Gasteiger partial charge < -0.3 is 24.0 Å². The number of pyridine rings is 1. The number of nitrogens with one attached hydrogen (secondary N) is 1. The molecule has 0 spiro atoms. The molecule has 0 saturated heterocycles. The molecule has 0 saturated carbocycles. The molecule has 1 nitrogen and oxygen atoms in total. The monoisotopic (exact) mass is 397 g/mol. The van der Waals surface area contributed by atoms with Crippen LogP contribution in [0, 0.1) is 6.92 Å². The van der Waals surface area contributed by atoms with Gasteiger partial charge in [-0.1, -0.05) is 48.5 Å². The fourth-order valence-corrected chi connectivity index (χ4v) is 3.03. The second-order valence-electron chi connectivity index (χ2n) is 5.47. The van der Waals surface area contributed by atoms with E-state index in [-0.39, 0.29) is 24.0 Å². The Balaban J connectivity index is 0.00000144. The number of halogens is 1. The zero-order valence-electron chi connectivity index (χ0n) is 12.3. The van der Waals surface area contributed by atoms with Crippen molar-refractivity contribution in [3.63, 3.8) is 0 Å². The van der Waals surface area contributed by atoms with E-state index in [1.807, 2.05) is 6.20 Å². The van der Waals surface area contributed by atoms with Gasteiger partial charge in [-0.05, 0) is 40.1 Å². The molecule has 0 amide bonds. The molecule has 0 aliphatic rings. The molecule has 0 radical (unpaired) electrons. The Morgan fingerprint density at radius 1 is 0.727 bits per heavy atom. The summed E-state index contributed by atoms with van der Waals surface area (Å²) in [6.45, 7) is 2.13. The predicted molar refractivity (Wildman–Crippen MR) is 88.2 cm³/mol. The van der Waals surface area contributed by atoms with E-state index in [0.29, 0.717) is 0 Å². The number of aromatic amines is 1. The van der Waals surface area contributed by atoms with Gasteiger partial charge in [0.15, 0.2) is 6.20 Å². The van der Waals surface area contributed by atoms with Gasteiger partial charge in [-0.3, -0.25) is 0 Å². The molecule has 4 rings (SSSR count). The fourth-order valence-electron chi connectivity index (χ4n) is 3.03. The second kappa shape index (κ2) is 6.05. The Hall–Kier alpha value is -1.94. The van der Waals surface area contributed by atoms with Crippen LogP contribution in [0.25, 0.3) is 32.8 Å². The maximum Gasteiger partial charge on any atom is 0.212 e. The lowest BCUT2D eigenvalue weighted by atomic mass is 9.94. The molecule has 0 aliphatic heterocycles. The van der Waals surface area contributed by atoms with Crippen LogP contribution in [0.1, 0.15) is 5.56 Å². The zero-order chi connectivity index (χ0) is 14.2. The van der Waals surface area contributed by atoms with E-state index < -0.39 is 0 Å². The van der Waals surface area contributed by atoms with Crippen LogP contribution in [0.3, 0.4) is 0 Å². The lowest BCUT2D eigenvalue weighted by Gasteiger charge is -2.08. The summed E-state index contributed by atoms with van der Waals surface area (Å²) in [5, 5.41) is 5.14. The average molecular weight is 397 g/mol. The van der Waals surface area contributed by atoms with Crippen LogP contribution in [0.4, 0.5) is 0 Å². The SMILES string of the molecule is Cc1cc[nH+]c(-c2c3ccccc3cc3ccccc23)c1.[I-]. The number of rotatable bonds is 1. The van der Waals surface area contributed by atoms with Crippen molar-refractivity contribution >= 4 is 21.5 Å². The molecule has 2 heteroatoms. The third-order valence-electron chi connectivity index (χ3n) is 4.00. The Labute approximate surface area is 147 Å². The minimum absolute atomic E-state index is 0. The zero-order valence-corrected chi connectivity index (χ0v) is 14.5. The maximum atomic E-state index is 3.41. The van der Waals surface area contributed by atoms with E-state index in [0.717, 1.165) is 0 Å². The van der Waals surface area contributed by atoms with Gasteiger partial charge in [0.1, 0.15) is 0 Å². The van der Waals surface area contributed by atoms with Gasteiger partial charge in [-0.25, -0.2) is 4.98 Å². The quantitative estimate of drug-likeness (QED) is 0.344. The molecule has 108 valence electrons. The lowest BCUT2D eigenvalue weighted by Crippen LogP contribution is -3.00. The van der Waals surface area contributed by atoms with Gasteiger partial charge in [0.25, 0.3) is 0 Å². The van der Waals surface area contributed by atoms with Crippen LogP contribution in [0.5, 0.6) is 0 Å². The van der Waals surface area contributed by atoms with Gasteiger partial charge in [0, 0.05) is 12.1 Å². The van der Waals surface area contributed by atoms with Crippen LogP contribution in [0.2, 0.25) is 0 Å². The first-order valence-corrected chi connectivity index (χ1v) is 7.22. The number of fused-ring (bicyclic) bond motifs is 2. The molecule has 3 aromatic carbocycles. The Morgan fingerprint density at radius 3 is 1.91 bits per heavy atom. The van der Waals surface area contributed by atoms with Gasteiger partial charge >= 0.3 is 0 Å². The minimum atomic E-state index is 0. The van der Waals surface area contributed by atoms with E-state index in [1.165, 1.54) is 38.4 Å². The standard InChI is InChI=1S/C20H15N.HI/c1-14-10-11-21-19(12-14)20-17-8-4-2-6-15(17)13-16-7-3-5-9-18(16)20;/h2-13H,1H3;1H. The van der Waals surface area contributed by atoms with Gasteiger partial charge in [0.05, 0.1) is 5.56 Å². The highest BCUT2D eigenvalue weighted by molar-refractivity contribution is 6.11. The summed E-state index contributed by atoms with van der Waals surface area (Å²) in [5.74, 6) is 0. The summed E-state index contributed by atoms with van der Waals surface area (Å²) in [5.41, 5.74) is 3.72. The number of benzene rings is 3. The molecule has 0 fully saturated rings. The van der Waals surface area contributed by atoms with Gasteiger partial charge in [-0.15, -0.1) is 0 Å². The summed E-state index contributed by atoms with van der Waals surface area (Å²) in [7, 11) is 0. The van der Waals surface area contributed by atoms with Crippen molar-refractivity contribution < 1.29 is 29.0 Å². The highest BCUT2D eigenvalue weighted by Gasteiger charge is 2.14. The van der Waals surface area contributed by atoms with Crippen molar-refractivity contribution in [3.05, 3.63) is 78.5 Å². The summed E-state index contributed by atoms with van der Waals surface area (Å²) >= 11 is 0. The molecule has 1 aromatic heterocycles. The highest BCUT2D eigenvalue weighted by atomic mass is 127. The van der Waals surface area contributed by atoms with E-state index in [9.17, 15) is 0 Å². The lowest BCUT2D eigenvalue weighted by molar-refractivity contribution is -0.364. The van der Waals surface area contributed by atoms with Gasteiger partial charge in [0.2, 0.25) is 5.69 Å². The second-order valence-corrected chi connectivity index (χ2v) is 5.47. The third kappa shape index (κ3) is 2.48. The summed E-state index contributed by atoms with van der Waals surface area (Å²) in [4.78, 5) is 3.41. The van der Waals surface area contributed by atoms with Crippen LogP contribution >= 0.6 is 0 Å². The number of aryl methyl sites for hydroxylation is 1. The molecule has 4 aromatic rings. The van der Waals surface area contributed by atoms with Crippen molar-refractivity contribution in [2.24, 2.45) is 0 Å². The van der Waals surface area contributed by atoms with E-state index >= 15 is 0 Å². The molecule has 1 N–H and O–H groups in total. The number of hydrogen-bond donors (Lipinski definition) is 0. The Kier molecular flexibility index (Phi) is 4.12. The van der Waals surface area contributed by atoms with E-state index in [4.69, 9.17) is 0 Å². The molecule has 0 unspecified atom stereocenters. The number of H-pyrrole nitrogens is 1. The van der Waals surface area contributed by atoms with E-state index in [2.05, 4.69) is 78.6 Å². The number of aromatic nitrogens is 1. The van der Waals surface area contributed by atoms with Gasteiger partial charge in [-0.2, -0.15) is 0 Å². The first kappa shape index (κ1) is 15.0. The fraction of sp³-hybridized carbons (Fsp3) is 0.0500. The molecular formula is C20H16IN. The largest absolute Gasteiger partial charge is 1.00 e. The van der Waals surface area contributed by atoms with Crippen LogP contribution in [-0.2, 0) is 0 Å². The molecule has 22 heavy (non-hydrogen) atoms. The average Bonchev–Trinajstić information content (AvgIpc) is 2.52. The summed E-state index contributed by atoms with van der Waals surface area (Å²) in [6.07, 6.45) is 2.02. The van der Waals surface area contributed by atoms with Crippen LogP contribution < -0.4 is 29.0 Å². The Morgan fingerprint density at radius 2 is 1.32 bits per heavy atom. The normalized spacial score (nSPS) is 10.6. The van der Waals surface area contributed by atoms with Crippen molar-refractivity contribution in [3.8, 4) is 11.3 Å². The topological polar surface area (TPSA) is 14.1 Å². The smallest absolute Gasteiger partial charge is 0.212 e. The first-order chi connectivity index (χ1) is 10.3. The van der Waals surface area contributed by atoms with Crippen LogP contribution in [-0.4, -0.2) is 0 Å². The minimum Gasteiger partial charge on any atom is -1.00 e. The molecule has 1 heterocycles. The van der Waals surface area contributed by atoms with E-state index in [1.54, 1.807) is 0 Å². The predicted octanol–water partition coefficient (Wildman–Crippen LogP) is 1.79. The van der Waals surface area contributed by atoms with Crippen LogP contribution in [0.15, 0.2) is 72.9 Å². The summed E-state index contributed by atoms with van der Waals surface area (Å²) in [6, 6.07) is 23.8. The summed E-state index contributed by atoms with van der Waals surface area (Å²) < 4.78 is 0. The first-order valence-electron chi connectivity index (χ1n) is 7.22.